The lowest BCUT2D eigenvalue weighted by Crippen LogP contribution is -2.37. The van der Waals surface area contributed by atoms with E-state index >= 15 is 0 Å². The third kappa shape index (κ3) is 2.94. The van der Waals surface area contributed by atoms with Gasteiger partial charge in [-0.25, -0.2) is 9.48 Å². The lowest BCUT2D eigenvalue weighted by Gasteiger charge is -2.21. The molecule has 2 aromatic rings. The van der Waals surface area contributed by atoms with Crippen LogP contribution in [0.25, 0.3) is 5.69 Å². The van der Waals surface area contributed by atoms with Crippen molar-refractivity contribution in [1.29, 1.82) is 0 Å². The number of carboxylic acid groups (broad SMARTS) is 1. The summed E-state index contributed by atoms with van der Waals surface area (Å²) in [5.74, 6) is -0.891. The molecule has 1 unspecified atom stereocenters. The Morgan fingerprint density at radius 3 is 2.79 bits per heavy atom. The zero-order chi connectivity index (χ0) is 17.3. The number of amides is 2. The number of aromatic nitrogens is 2. The largest absolute Gasteiger partial charge is 0.481 e. The van der Waals surface area contributed by atoms with Crippen LogP contribution in [0, 0.1) is 5.41 Å². The third-order valence-corrected chi connectivity index (χ3v) is 4.54. The number of rotatable bonds is 3. The average molecular weight is 349 g/mol. The fraction of sp³-hybridized carbons (Fsp3) is 0.312. The van der Waals surface area contributed by atoms with E-state index in [-0.39, 0.29) is 12.6 Å². The minimum Gasteiger partial charge on any atom is -0.481 e. The highest BCUT2D eigenvalue weighted by Crippen LogP contribution is 2.32. The minimum atomic E-state index is -0.906. The molecule has 1 aromatic heterocycles. The number of anilines is 1. The van der Waals surface area contributed by atoms with Crippen LogP contribution in [0.3, 0.4) is 0 Å². The summed E-state index contributed by atoms with van der Waals surface area (Å²) in [5, 5.41) is 16.7. The number of para-hydroxylation sites is 1. The Labute approximate surface area is 143 Å². The van der Waals surface area contributed by atoms with Gasteiger partial charge in [0, 0.05) is 25.5 Å². The molecule has 1 aromatic carbocycles. The number of likely N-dealkylation sites (tertiary alicyclic amines) is 1. The number of aliphatic carboxylic acids is 1. The highest BCUT2D eigenvalue weighted by atomic mass is 35.5. The van der Waals surface area contributed by atoms with Crippen molar-refractivity contribution in [2.45, 2.75) is 13.3 Å². The SMILES string of the molecule is CC1(C(=O)O)CCN(C(=O)Nc2cccc(Cl)c2-n2cccn2)C1. The Hall–Kier alpha value is -2.54. The number of halogens is 1. The first kappa shape index (κ1) is 16.3. The van der Waals surface area contributed by atoms with E-state index in [1.54, 1.807) is 48.3 Å². The topological polar surface area (TPSA) is 87.5 Å². The molecule has 2 amide bonds. The highest BCUT2D eigenvalue weighted by molar-refractivity contribution is 6.33. The number of hydrogen-bond donors (Lipinski definition) is 2. The van der Waals surface area contributed by atoms with Crippen LogP contribution in [0.5, 0.6) is 0 Å². The number of nitrogens with one attached hydrogen (secondary N) is 1. The maximum atomic E-state index is 12.5. The molecule has 1 saturated heterocycles. The van der Waals surface area contributed by atoms with Crippen LogP contribution in [0.2, 0.25) is 5.02 Å². The molecule has 0 radical (unpaired) electrons. The van der Waals surface area contributed by atoms with E-state index < -0.39 is 11.4 Å². The van der Waals surface area contributed by atoms with Gasteiger partial charge in [0.1, 0.15) is 5.69 Å². The number of benzene rings is 1. The molecule has 0 spiro atoms. The average Bonchev–Trinajstić information content (AvgIpc) is 3.18. The normalized spacial score (nSPS) is 20.2. The second-order valence-electron chi connectivity index (χ2n) is 6.05. The van der Waals surface area contributed by atoms with Crippen LogP contribution < -0.4 is 5.32 Å². The summed E-state index contributed by atoms with van der Waals surface area (Å²) in [6, 6.07) is 6.58. The molecule has 7 nitrogen and oxygen atoms in total. The Balaban J connectivity index is 1.81. The van der Waals surface area contributed by atoms with Crippen LogP contribution in [-0.4, -0.2) is 44.9 Å². The van der Waals surface area contributed by atoms with Gasteiger partial charge in [-0.1, -0.05) is 17.7 Å². The molecular weight excluding hydrogens is 332 g/mol. The molecule has 24 heavy (non-hydrogen) atoms. The molecule has 0 bridgehead atoms. The fourth-order valence-corrected chi connectivity index (χ4v) is 3.01. The van der Waals surface area contributed by atoms with Gasteiger partial charge in [0.25, 0.3) is 0 Å². The van der Waals surface area contributed by atoms with E-state index in [0.717, 1.165) is 0 Å². The number of carbonyl (C=O) groups excluding carboxylic acids is 1. The van der Waals surface area contributed by atoms with E-state index in [1.165, 1.54) is 4.90 Å². The van der Waals surface area contributed by atoms with Crippen LogP contribution in [0.1, 0.15) is 13.3 Å². The molecular formula is C16H17ClN4O3. The van der Waals surface area contributed by atoms with E-state index in [0.29, 0.717) is 29.4 Å². The molecule has 1 atom stereocenters. The first-order chi connectivity index (χ1) is 11.4. The molecule has 1 aliphatic heterocycles. The molecule has 126 valence electrons. The molecule has 0 aliphatic carbocycles. The predicted octanol–water partition coefficient (Wildman–Crippen LogP) is 2.85. The summed E-state index contributed by atoms with van der Waals surface area (Å²) >= 11 is 6.25. The van der Waals surface area contributed by atoms with Gasteiger partial charge in [-0.2, -0.15) is 5.10 Å². The second kappa shape index (κ2) is 6.16. The standard InChI is InChI=1S/C16H17ClN4O3/c1-16(14(22)23)6-9-20(10-16)15(24)19-12-5-2-4-11(17)13(12)21-8-3-7-18-21/h2-5,7-8H,6,9-10H2,1H3,(H,19,24)(H,22,23). The molecule has 0 saturated carbocycles. The van der Waals surface area contributed by atoms with E-state index in [2.05, 4.69) is 10.4 Å². The van der Waals surface area contributed by atoms with Gasteiger partial charge >= 0.3 is 12.0 Å². The summed E-state index contributed by atoms with van der Waals surface area (Å²) < 4.78 is 1.57. The number of carboxylic acids is 1. The van der Waals surface area contributed by atoms with Crippen molar-refractivity contribution in [3.63, 3.8) is 0 Å². The zero-order valence-corrected chi connectivity index (χ0v) is 13.8. The number of hydrogen-bond acceptors (Lipinski definition) is 3. The highest BCUT2D eigenvalue weighted by Gasteiger charge is 2.42. The van der Waals surface area contributed by atoms with Crippen LogP contribution in [0.15, 0.2) is 36.7 Å². The van der Waals surface area contributed by atoms with Crippen LogP contribution in [-0.2, 0) is 4.79 Å². The minimum absolute atomic E-state index is 0.172. The lowest BCUT2D eigenvalue weighted by atomic mass is 9.90. The maximum absolute atomic E-state index is 12.5. The molecule has 2 N–H and O–H groups in total. The molecule has 1 fully saturated rings. The quantitative estimate of drug-likeness (QED) is 0.892. The fourth-order valence-electron chi connectivity index (χ4n) is 2.75. The third-order valence-electron chi connectivity index (χ3n) is 4.24. The van der Waals surface area contributed by atoms with Crippen molar-refractivity contribution in [3.05, 3.63) is 41.7 Å². The Morgan fingerprint density at radius 1 is 1.38 bits per heavy atom. The maximum Gasteiger partial charge on any atom is 0.321 e. The first-order valence-corrected chi connectivity index (χ1v) is 7.86. The molecule has 2 heterocycles. The first-order valence-electron chi connectivity index (χ1n) is 7.48. The van der Waals surface area contributed by atoms with Gasteiger partial charge < -0.3 is 15.3 Å². The van der Waals surface area contributed by atoms with Crippen molar-refractivity contribution in [2.75, 3.05) is 18.4 Å². The Kier molecular flexibility index (Phi) is 4.19. The van der Waals surface area contributed by atoms with Crippen LogP contribution >= 0.6 is 11.6 Å². The monoisotopic (exact) mass is 348 g/mol. The zero-order valence-electron chi connectivity index (χ0n) is 13.1. The molecule has 3 rings (SSSR count). The Morgan fingerprint density at radius 2 is 2.17 bits per heavy atom. The molecule has 8 heteroatoms. The van der Waals surface area contributed by atoms with Gasteiger partial charge in [-0.05, 0) is 31.5 Å². The van der Waals surface area contributed by atoms with Crippen molar-refractivity contribution in [1.82, 2.24) is 14.7 Å². The summed E-state index contributed by atoms with van der Waals surface area (Å²) in [5.41, 5.74) is 0.175. The summed E-state index contributed by atoms with van der Waals surface area (Å²) in [6.45, 7) is 2.22. The number of nitrogens with zero attached hydrogens (tertiary/aromatic N) is 3. The van der Waals surface area contributed by atoms with Crippen molar-refractivity contribution in [2.24, 2.45) is 5.41 Å². The summed E-state index contributed by atoms with van der Waals surface area (Å²) in [6.07, 6.45) is 3.78. The van der Waals surface area contributed by atoms with Crippen LogP contribution in [0.4, 0.5) is 10.5 Å². The van der Waals surface area contributed by atoms with Gasteiger partial charge in [0.15, 0.2) is 0 Å². The summed E-state index contributed by atoms with van der Waals surface area (Å²) in [7, 11) is 0. The number of urea groups is 1. The predicted molar refractivity (Wildman–Crippen MR) is 89.5 cm³/mol. The number of carbonyl (C=O) groups is 2. The molecule has 1 aliphatic rings. The smallest absolute Gasteiger partial charge is 0.321 e. The van der Waals surface area contributed by atoms with Gasteiger partial charge in [-0.3, -0.25) is 4.79 Å². The van der Waals surface area contributed by atoms with Crippen molar-refractivity contribution in [3.8, 4) is 5.69 Å². The van der Waals surface area contributed by atoms with Gasteiger partial charge in [0.2, 0.25) is 0 Å². The van der Waals surface area contributed by atoms with E-state index in [9.17, 15) is 14.7 Å². The van der Waals surface area contributed by atoms with Gasteiger partial charge in [-0.15, -0.1) is 0 Å². The summed E-state index contributed by atoms with van der Waals surface area (Å²) in [4.78, 5) is 25.3. The van der Waals surface area contributed by atoms with E-state index in [1.807, 2.05) is 0 Å². The van der Waals surface area contributed by atoms with Crippen molar-refractivity contribution >= 4 is 29.3 Å². The van der Waals surface area contributed by atoms with E-state index in [4.69, 9.17) is 11.6 Å². The van der Waals surface area contributed by atoms with Crippen molar-refractivity contribution < 1.29 is 14.7 Å². The second-order valence-corrected chi connectivity index (χ2v) is 6.46. The van der Waals surface area contributed by atoms with Gasteiger partial charge in [0.05, 0.1) is 16.1 Å². The lowest BCUT2D eigenvalue weighted by molar-refractivity contribution is -0.146. The Bertz CT molecular complexity index is 778.